The standard InChI is InChI=1S/C20H24N4OS/c1-5-20(4)12-13-10-8-9-11-14(13)16-15(20)17(25)24-18(21-16)23(6-2)22-19(24)26-7-3/h8-11H,5-7,12H2,1-4H3/t20-/m1/s1. The molecule has 0 spiro atoms. The number of aryl methyl sites for hydroxylation is 1. The predicted octanol–water partition coefficient (Wildman–Crippen LogP) is 3.91. The molecule has 4 rings (SSSR count). The monoisotopic (exact) mass is 368 g/mol. The molecule has 0 saturated carbocycles. The van der Waals surface area contributed by atoms with E-state index in [-0.39, 0.29) is 11.0 Å². The van der Waals surface area contributed by atoms with Crippen LogP contribution >= 0.6 is 11.8 Å². The van der Waals surface area contributed by atoms with Gasteiger partial charge in [-0.2, -0.15) is 0 Å². The van der Waals surface area contributed by atoms with Crippen LogP contribution in [0.5, 0.6) is 0 Å². The van der Waals surface area contributed by atoms with E-state index in [0.29, 0.717) is 12.3 Å². The van der Waals surface area contributed by atoms with E-state index in [9.17, 15) is 4.79 Å². The first kappa shape index (κ1) is 17.3. The topological polar surface area (TPSA) is 52.2 Å². The second-order valence-corrected chi connectivity index (χ2v) is 8.29. The fourth-order valence-corrected chi connectivity index (χ4v) is 4.65. The Bertz CT molecular complexity index is 1050. The zero-order valence-corrected chi connectivity index (χ0v) is 16.6. The number of hydrogen-bond acceptors (Lipinski definition) is 4. The molecular formula is C20H24N4OS. The Labute approximate surface area is 157 Å². The van der Waals surface area contributed by atoms with Gasteiger partial charge < -0.3 is 0 Å². The Hall–Kier alpha value is -2.08. The highest BCUT2D eigenvalue weighted by Gasteiger charge is 2.38. The molecular weight excluding hydrogens is 344 g/mol. The molecule has 1 aliphatic rings. The van der Waals surface area contributed by atoms with Gasteiger partial charge in [0.2, 0.25) is 5.78 Å². The summed E-state index contributed by atoms with van der Waals surface area (Å²) in [6.45, 7) is 9.14. The van der Waals surface area contributed by atoms with Crippen LogP contribution in [-0.2, 0) is 18.4 Å². The molecule has 5 nitrogen and oxygen atoms in total. The number of aromatic nitrogens is 4. The van der Waals surface area contributed by atoms with Crippen molar-refractivity contribution < 1.29 is 0 Å². The third-order valence-corrected chi connectivity index (χ3v) is 6.32. The van der Waals surface area contributed by atoms with Crippen LogP contribution in [0, 0.1) is 0 Å². The van der Waals surface area contributed by atoms with E-state index in [0.717, 1.165) is 40.6 Å². The summed E-state index contributed by atoms with van der Waals surface area (Å²) in [5.41, 5.74) is 3.86. The van der Waals surface area contributed by atoms with E-state index in [1.165, 1.54) is 5.56 Å². The number of fused-ring (bicyclic) bond motifs is 4. The minimum absolute atomic E-state index is 0.0412. The summed E-state index contributed by atoms with van der Waals surface area (Å²) in [5.74, 6) is 1.51. The molecule has 0 aliphatic heterocycles. The largest absolute Gasteiger partial charge is 0.268 e. The van der Waals surface area contributed by atoms with Crippen LogP contribution < -0.4 is 5.56 Å². The molecule has 136 valence electrons. The fourth-order valence-electron chi connectivity index (χ4n) is 3.94. The van der Waals surface area contributed by atoms with Crippen LogP contribution in [0.15, 0.2) is 34.2 Å². The molecule has 0 unspecified atom stereocenters. The molecule has 1 aliphatic carbocycles. The van der Waals surface area contributed by atoms with E-state index in [1.54, 1.807) is 16.2 Å². The van der Waals surface area contributed by atoms with Crippen molar-refractivity contribution in [1.29, 1.82) is 0 Å². The summed E-state index contributed by atoms with van der Waals surface area (Å²) in [5, 5.41) is 5.38. The van der Waals surface area contributed by atoms with Gasteiger partial charge in [-0.15, -0.1) is 5.10 Å². The summed E-state index contributed by atoms with van der Waals surface area (Å²) >= 11 is 1.59. The number of nitrogens with zero attached hydrogens (tertiary/aromatic N) is 4. The lowest BCUT2D eigenvalue weighted by atomic mass is 9.69. The van der Waals surface area contributed by atoms with E-state index < -0.39 is 0 Å². The van der Waals surface area contributed by atoms with Gasteiger partial charge in [0.1, 0.15) is 0 Å². The minimum Gasteiger partial charge on any atom is -0.268 e. The zero-order valence-electron chi connectivity index (χ0n) is 15.7. The van der Waals surface area contributed by atoms with Crippen LogP contribution in [0.1, 0.15) is 45.2 Å². The van der Waals surface area contributed by atoms with E-state index >= 15 is 0 Å². The van der Waals surface area contributed by atoms with Crippen LogP contribution in [0.3, 0.4) is 0 Å². The van der Waals surface area contributed by atoms with Gasteiger partial charge >= 0.3 is 0 Å². The van der Waals surface area contributed by atoms with Crippen molar-refractivity contribution in [3.8, 4) is 11.3 Å². The zero-order chi connectivity index (χ0) is 18.5. The molecule has 2 heterocycles. The predicted molar refractivity (Wildman–Crippen MR) is 106 cm³/mol. The fraction of sp³-hybridized carbons (Fsp3) is 0.450. The highest BCUT2D eigenvalue weighted by atomic mass is 32.2. The van der Waals surface area contributed by atoms with Gasteiger partial charge in [-0.25, -0.2) is 14.1 Å². The van der Waals surface area contributed by atoms with Gasteiger partial charge in [0.25, 0.3) is 5.56 Å². The summed E-state index contributed by atoms with van der Waals surface area (Å²) in [6, 6.07) is 8.33. The summed E-state index contributed by atoms with van der Waals surface area (Å²) in [4.78, 5) is 18.6. The molecule has 0 N–H and O–H groups in total. The molecule has 26 heavy (non-hydrogen) atoms. The van der Waals surface area contributed by atoms with Crippen LogP contribution in [-0.4, -0.2) is 24.9 Å². The SMILES string of the molecule is CCSc1nn(CC)c2nc3c(c(=O)n12)[C@](C)(CC)Cc1ccccc1-3. The molecule has 6 heteroatoms. The third-order valence-electron chi connectivity index (χ3n) is 5.50. The van der Waals surface area contributed by atoms with Crippen molar-refractivity contribution in [1.82, 2.24) is 19.2 Å². The second kappa shape index (κ2) is 6.27. The van der Waals surface area contributed by atoms with Crippen molar-refractivity contribution in [3.05, 3.63) is 45.7 Å². The Morgan fingerprint density at radius 3 is 2.69 bits per heavy atom. The summed E-state index contributed by atoms with van der Waals surface area (Å²) in [7, 11) is 0. The Morgan fingerprint density at radius 2 is 2.00 bits per heavy atom. The van der Waals surface area contributed by atoms with Crippen molar-refractivity contribution in [3.63, 3.8) is 0 Å². The normalized spacial score (nSPS) is 18.8. The minimum atomic E-state index is -0.211. The highest BCUT2D eigenvalue weighted by Crippen LogP contribution is 2.42. The maximum absolute atomic E-state index is 13.6. The molecule has 0 fully saturated rings. The van der Waals surface area contributed by atoms with Gasteiger partial charge in [0.15, 0.2) is 5.16 Å². The van der Waals surface area contributed by atoms with Crippen LogP contribution in [0.2, 0.25) is 0 Å². The van der Waals surface area contributed by atoms with Gasteiger partial charge in [-0.05, 0) is 31.1 Å². The lowest BCUT2D eigenvalue weighted by Gasteiger charge is -2.35. The summed E-state index contributed by atoms with van der Waals surface area (Å²) < 4.78 is 3.55. The van der Waals surface area contributed by atoms with Crippen LogP contribution in [0.25, 0.3) is 17.0 Å². The van der Waals surface area contributed by atoms with Gasteiger partial charge in [0, 0.05) is 17.5 Å². The van der Waals surface area contributed by atoms with Crippen molar-refractivity contribution in [2.45, 2.75) is 57.7 Å². The first-order chi connectivity index (χ1) is 12.5. The van der Waals surface area contributed by atoms with Gasteiger partial charge in [-0.3, -0.25) is 4.79 Å². The summed E-state index contributed by atoms with van der Waals surface area (Å²) in [6.07, 6.45) is 1.77. The highest BCUT2D eigenvalue weighted by molar-refractivity contribution is 7.99. The first-order valence-corrected chi connectivity index (χ1v) is 10.3. The van der Waals surface area contributed by atoms with E-state index in [4.69, 9.17) is 4.98 Å². The number of benzene rings is 1. The molecule has 0 radical (unpaired) electrons. The Balaban J connectivity index is 2.15. The third kappa shape index (κ3) is 2.35. The maximum atomic E-state index is 13.6. The van der Waals surface area contributed by atoms with Crippen molar-refractivity contribution in [2.24, 2.45) is 0 Å². The molecule has 0 amide bonds. The molecule has 2 aromatic heterocycles. The molecule has 0 saturated heterocycles. The lowest BCUT2D eigenvalue weighted by molar-refractivity contribution is 0.439. The number of thioether (sulfide) groups is 1. The maximum Gasteiger partial charge on any atom is 0.265 e. The Morgan fingerprint density at radius 1 is 1.23 bits per heavy atom. The molecule has 1 atom stereocenters. The molecule has 1 aromatic carbocycles. The first-order valence-electron chi connectivity index (χ1n) is 9.29. The van der Waals surface area contributed by atoms with Crippen molar-refractivity contribution in [2.75, 3.05) is 5.75 Å². The Kier molecular flexibility index (Phi) is 4.18. The van der Waals surface area contributed by atoms with Gasteiger partial charge in [-0.1, -0.05) is 56.8 Å². The smallest absolute Gasteiger partial charge is 0.265 e. The number of rotatable bonds is 4. The van der Waals surface area contributed by atoms with E-state index in [2.05, 4.69) is 44.1 Å². The van der Waals surface area contributed by atoms with Crippen molar-refractivity contribution >= 4 is 17.5 Å². The molecule has 0 bridgehead atoms. The lowest BCUT2D eigenvalue weighted by Crippen LogP contribution is -2.37. The van der Waals surface area contributed by atoms with Crippen LogP contribution in [0.4, 0.5) is 0 Å². The van der Waals surface area contributed by atoms with E-state index in [1.807, 2.05) is 17.7 Å². The molecule has 3 aromatic rings. The van der Waals surface area contributed by atoms with Gasteiger partial charge in [0.05, 0.1) is 11.3 Å². The quantitative estimate of drug-likeness (QED) is 0.655. The number of hydrogen-bond donors (Lipinski definition) is 0. The average molecular weight is 369 g/mol. The second-order valence-electron chi connectivity index (χ2n) is 7.06. The average Bonchev–Trinajstić information content (AvgIpc) is 3.00.